The summed E-state index contributed by atoms with van der Waals surface area (Å²) in [5.41, 5.74) is 1.06. The molecule has 1 aliphatic rings. The monoisotopic (exact) mass is 354 g/mol. The van der Waals surface area contributed by atoms with Crippen LogP contribution in [0.5, 0.6) is 0 Å². The van der Waals surface area contributed by atoms with Crippen LogP contribution in [0, 0.1) is 0 Å². The van der Waals surface area contributed by atoms with Crippen LogP contribution in [0.25, 0.3) is 10.6 Å². The number of carbonyl (C=O) groups is 1. The highest BCUT2D eigenvalue weighted by Gasteiger charge is 2.36. The van der Waals surface area contributed by atoms with Crippen molar-refractivity contribution < 1.29 is 14.3 Å². The highest BCUT2D eigenvalue weighted by molar-refractivity contribution is 7.13. The second-order valence-corrected chi connectivity index (χ2v) is 7.09. The molecule has 0 saturated carbocycles. The summed E-state index contributed by atoms with van der Waals surface area (Å²) in [5.74, 6) is 0.533. The van der Waals surface area contributed by atoms with Crippen molar-refractivity contribution in [2.45, 2.75) is 24.9 Å². The minimum atomic E-state index is -1.07. The van der Waals surface area contributed by atoms with E-state index in [1.165, 1.54) is 11.3 Å². The summed E-state index contributed by atoms with van der Waals surface area (Å²) < 4.78 is 5.41. The van der Waals surface area contributed by atoms with Crippen molar-refractivity contribution in [2.75, 3.05) is 6.54 Å². The molecule has 128 valence electrons. The molecular formula is C19H18N2O3S. The Kier molecular flexibility index (Phi) is 4.15. The van der Waals surface area contributed by atoms with Gasteiger partial charge in [-0.05, 0) is 18.9 Å². The maximum Gasteiger partial charge on any atom is 0.270 e. The van der Waals surface area contributed by atoms with Crippen LogP contribution in [-0.4, -0.2) is 22.5 Å². The van der Waals surface area contributed by atoms with Gasteiger partial charge in [0.05, 0.1) is 12.8 Å². The van der Waals surface area contributed by atoms with Crippen molar-refractivity contribution in [1.29, 1.82) is 0 Å². The molecule has 6 heteroatoms. The van der Waals surface area contributed by atoms with Gasteiger partial charge in [0.2, 0.25) is 0 Å². The topological polar surface area (TPSA) is 75.4 Å². The quantitative estimate of drug-likeness (QED) is 0.753. The molecule has 5 nitrogen and oxygen atoms in total. The van der Waals surface area contributed by atoms with E-state index in [0.717, 1.165) is 34.7 Å². The van der Waals surface area contributed by atoms with Gasteiger partial charge >= 0.3 is 0 Å². The van der Waals surface area contributed by atoms with Crippen LogP contribution in [0.1, 0.15) is 34.7 Å². The van der Waals surface area contributed by atoms with E-state index in [2.05, 4.69) is 10.3 Å². The van der Waals surface area contributed by atoms with Gasteiger partial charge in [-0.3, -0.25) is 4.79 Å². The highest BCUT2D eigenvalue weighted by Crippen LogP contribution is 2.35. The number of nitrogens with zero attached hydrogens (tertiary/aromatic N) is 1. The number of nitrogens with one attached hydrogen (secondary N) is 1. The lowest BCUT2D eigenvalue weighted by Crippen LogP contribution is -2.42. The minimum absolute atomic E-state index is 0.149. The lowest BCUT2D eigenvalue weighted by Gasteiger charge is -2.31. The maximum atomic E-state index is 12.4. The Labute approximate surface area is 149 Å². The van der Waals surface area contributed by atoms with E-state index in [-0.39, 0.29) is 12.5 Å². The van der Waals surface area contributed by atoms with Gasteiger partial charge < -0.3 is 14.8 Å². The van der Waals surface area contributed by atoms with Crippen molar-refractivity contribution in [3.8, 4) is 10.6 Å². The Morgan fingerprint density at radius 1 is 1.32 bits per heavy atom. The third-order valence-corrected chi connectivity index (χ3v) is 5.43. The first-order chi connectivity index (χ1) is 12.2. The molecule has 0 bridgehead atoms. The second-order valence-electron chi connectivity index (χ2n) is 6.23. The van der Waals surface area contributed by atoms with Crippen LogP contribution in [-0.2, 0) is 12.0 Å². The van der Waals surface area contributed by atoms with Crippen LogP contribution >= 0.6 is 11.3 Å². The Morgan fingerprint density at radius 3 is 3.00 bits per heavy atom. The van der Waals surface area contributed by atoms with Crippen molar-refractivity contribution >= 4 is 17.2 Å². The van der Waals surface area contributed by atoms with E-state index in [0.29, 0.717) is 12.1 Å². The van der Waals surface area contributed by atoms with Gasteiger partial charge in [0.15, 0.2) is 0 Å². The van der Waals surface area contributed by atoms with Crippen LogP contribution in [0.3, 0.4) is 0 Å². The molecule has 0 saturated heterocycles. The van der Waals surface area contributed by atoms with Gasteiger partial charge in [0, 0.05) is 22.9 Å². The van der Waals surface area contributed by atoms with Crippen LogP contribution in [0.15, 0.2) is 52.5 Å². The van der Waals surface area contributed by atoms with Gasteiger partial charge in [0.1, 0.15) is 22.1 Å². The number of aliphatic hydroxyl groups is 1. The molecule has 1 aliphatic carbocycles. The Morgan fingerprint density at radius 2 is 2.16 bits per heavy atom. The van der Waals surface area contributed by atoms with Gasteiger partial charge in [-0.15, -0.1) is 11.3 Å². The van der Waals surface area contributed by atoms with E-state index < -0.39 is 5.60 Å². The zero-order chi connectivity index (χ0) is 17.3. The van der Waals surface area contributed by atoms with Gasteiger partial charge in [0.25, 0.3) is 5.91 Å². The van der Waals surface area contributed by atoms with Crippen molar-refractivity contribution in [1.82, 2.24) is 10.3 Å². The summed E-state index contributed by atoms with van der Waals surface area (Å²) in [5, 5.41) is 16.3. The van der Waals surface area contributed by atoms with E-state index in [1.54, 1.807) is 17.7 Å². The molecule has 3 aromatic rings. The van der Waals surface area contributed by atoms with Crippen molar-refractivity contribution in [3.63, 3.8) is 0 Å². The third kappa shape index (κ3) is 3.10. The summed E-state index contributed by atoms with van der Waals surface area (Å²) in [6, 6.07) is 11.5. The number of carbonyl (C=O) groups excluding carboxylic acids is 1. The molecule has 0 aliphatic heterocycles. The standard InChI is InChI=1S/C19H18N2O3S/c22-17(15-11-25-18(21-15)13-5-2-1-3-6-13)20-12-19(23)9-4-7-16-14(19)8-10-24-16/h1-3,5-6,8,10-11,23H,4,7,9,12H2,(H,20,22). The van der Waals surface area contributed by atoms with E-state index in [1.807, 2.05) is 30.3 Å². The smallest absolute Gasteiger partial charge is 0.270 e. The van der Waals surface area contributed by atoms with Crippen LogP contribution in [0.2, 0.25) is 0 Å². The molecule has 0 radical (unpaired) electrons. The number of benzene rings is 1. The zero-order valence-electron chi connectivity index (χ0n) is 13.6. The fourth-order valence-corrected chi connectivity index (χ4v) is 4.02. The van der Waals surface area contributed by atoms with E-state index in [4.69, 9.17) is 4.42 Å². The SMILES string of the molecule is O=C(NCC1(O)CCCc2occc21)c1csc(-c2ccccc2)n1. The first-order valence-electron chi connectivity index (χ1n) is 8.24. The van der Waals surface area contributed by atoms with E-state index >= 15 is 0 Å². The molecule has 1 atom stereocenters. The number of hydrogen-bond donors (Lipinski definition) is 2. The van der Waals surface area contributed by atoms with Gasteiger partial charge in [-0.25, -0.2) is 4.98 Å². The van der Waals surface area contributed by atoms with Crippen LogP contribution in [0.4, 0.5) is 0 Å². The summed E-state index contributed by atoms with van der Waals surface area (Å²) in [4.78, 5) is 16.8. The van der Waals surface area contributed by atoms with Crippen LogP contribution < -0.4 is 5.32 Å². The highest BCUT2D eigenvalue weighted by atomic mass is 32.1. The summed E-state index contributed by atoms with van der Waals surface area (Å²) in [6.07, 6.45) is 3.86. The molecule has 1 unspecified atom stereocenters. The molecule has 1 aromatic carbocycles. The molecule has 0 fully saturated rings. The Balaban J connectivity index is 1.46. The lowest BCUT2D eigenvalue weighted by molar-refractivity contribution is 0.0168. The molecule has 2 aromatic heterocycles. The second kappa shape index (κ2) is 6.46. The summed E-state index contributed by atoms with van der Waals surface area (Å²) in [6.45, 7) is 0.149. The van der Waals surface area contributed by atoms with E-state index in [9.17, 15) is 9.90 Å². The molecule has 25 heavy (non-hydrogen) atoms. The predicted octanol–water partition coefficient (Wildman–Crippen LogP) is 3.36. The number of furan rings is 1. The zero-order valence-corrected chi connectivity index (χ0v) is 14.4. The average Bonchev–Trinajstić information content (AvgIpc) is 3.31. The number of rotatable bonds is 4. The van der Waals surface area contributed by atoms with Crippen molar-refractivity contribution in [2.24, 2.45) is 0 Å². The number of aryl methyl sites for hydroxylation is 1. The van der Waals surface area contributed by atoms with Gasteiger partial charge in [-0.1, -0.05) is 30.3 Å². The van der Waals surface area contributed by atoms with Gasteiger partial charge in [-0.2, -0.15) is 0 Å². The first-order valence-corrected chi connectivity index (χ1v) is 9.12. The average molecular weight is 354 g/mol. The predicted molar refractivity (Wildman–Crippen MR) is 95.4 cm³/mol. The molecule has 2 N–H and O–H groups in total. The Bertz CT molecular complexity index is 887. The molecular weight excluding hydrogens is 336 g/mol. The fraction of sp³-hybridized carbons (Fsp3) is 0.263. The molecule has 1 amide bonds. The number of amides is 1. The largest absolute Gasteiger partial charge is 0.469 e. The fourth-order valence-electron chi connectivity index (χ4n) is 3.22. The summed E-state index contributed by atoms with van der Waals surface area (Å²) in [7, 11) is 0. The minimum Gasteiger partial charge on any atom is -0.469 e. The first kappa shape index (κ1) is 16.1. The maximum absolute atomic E-state index is 12.4. The normalized spacial score (nSPS) is 19.4. The number of thiazole rings is 1. The lowest BCUT2D eigenvalue weighted by atomic mass is 9.83. The molecule has 0 spiro atoms. The number of hydrogen-bond acceptors (Lipinski definition) is 5. The third-order valence-electron chi connectivity index (χ3n) is 4.54. The molecule has 2 heterocycles. The summed E-state index contributed by atoms with van der Waals surface area (Å²) >= 11 is 1.43. The molecule has 4 rings (SSSR count). The van der Waals surface area contributed by atoms with Crippen molar-refractivity contribution in [3.05, 3.63) is 65.1 Å². The number of fused-ring (bicyclic) bond motifs is 1. The Hall–Kier alpha value is -2.44. The number of aromatic nitrogens is 1.